The van der Waals surface area contributed by atoms with Crippen molar-refractivity contribution >= 4 is 5.97 Å². The van der Waals surface area contributed by atoms with Crippen molar-refractivity contribution in [3.05, 3.63) is 47.4 Å². The summed E-state index contributed by atoms with van der Waals surface area (Å²) in [5.41, 5.74) is 3.58. The highest BCUT2D eigenvalue weighted by Gasteiger charge is 2.20. The lowest BCUT2D eigenvalue weighted by Crippen LogP contribution is -2.41. The van der Waals surface area contributed by atoms with Gasteiger partial charge in [0.15, 0.2) is 11.9 Å². The van der Waals surface area contributed by atoms with Gasteiger partial charge in [0.1, 0.15) is 5.60 Å². The van der Waals surface area contributed by atoms with Crippen LogP contribution >= 0.6 is 0 Å². The zero-order valence-corrected chi connectivity index (χ0v) is 19.4. The van der Waals surface area contributed by atoms with Crippen LogP contribution in [0.2, 0.25) is 0 Å². The Bertz CT molecular complexity index is 605. The fraction of sp³-hybridized carbons (Fsp3) is 0.625. The summed E-state index contributed by atoms with van der Waals surface area (Å²) >= 11 is 0. The van der Waals surface area contributed by atoms with Crippen LogP contribution in [-0.2, 0) is 14.3 Å². The lowest BCUT2D eigenvalue weighted by molar-refractivity contribution is -0.141. The molecule has 0 saturated carbocycles. The Hall–Kier alpha value is -2.01. The number of aliphatic carboxylic acids is 1. The highest BCUT2D eigenvalue weighted by Crippen LogP contribution is 2.12. The first kappa shape index (κ1) is 27.0. The largest absolute Gasteiger partial charge is 0.480 e. The lowest BCUT2D eigenvalue weighted by Gasteiger charge is -2.25. The van der Waals surface area contributed by atoms with Crippen LogP contribution < -0.4 is 5.32 Å². The summed E-state index contributed by atoms with van der Waals surface area (Å²) in [6.45, 7) is 18.3. The van der Waals surface area contributed by atoms with E-state index in [1.54, 1.807) is 0 Å². The minimum absolute atomic E-state index is 0.0367. The molecule has 0 fully saturated rings. The van der Waals surface area contributed by atoms with Gasteiger partial charge in [-0.25, -0.2) is 4.79 Å². The maximum atomic E-state index is 11.4. The third-order valence-electron chi connectivity index (χ3n) is 4.02. The average molecular weight is 408 g/mol. The molecule has 0 aromatic rings. The van der Waals surface area contributed by atoms with Crippen molar-refractivity contribution in [3.63, 3.8) is 0 Å². The van der Waals surface area contributed by atoms with E-state index in [1.807, 2.05) is 26.8 Å². The summed E-state index contributed by atoms with van der Waals surface area (Å²) in [6.07, 6.45) is 10.7. The summed E-state index contributed by atoms with van der Waals surface area (Å²) in [4.78, 5) is 11.4. The molecular formula is C24H41NO4. The van der Waals surface area contributed by atoms with Gasteiger partial charge in [0.2, 0.25) is 0 Å². The van der Waals surface area contributed by atoms with Crippen molar-refractivity contribution in [1.82, 2.24) is 5.32 Å². The number of carboxylic acid groups (broad SMARTS) is 1. The molecule has 1 unspecified atom stereocenters. The topological polar surface area (TPSA) is 67.8 Å². The second-order valence-corrected chi connectivity index (χ2v) is 8.67. The van der Waals surface area contributed by atoms with Crippen LogP contribution in [0.1, 0.15) is 74.1 Å². The summed E-state index contributed by atoms with van der Waals surface area (Å²) in [6, 6.07) is -0.898. The molecular weight excluding hydrogens is 366 g/mol. The number of ether oxygens (including phenoxy) is 2. The Labute approximate surface area is 177 Å². The van der Waals surface area contributed by atoms with Crippen molar-refractivity contribution < 1.29 is 19.4 Å². The third kappa shape index (κ3) is 16.6. The smallest absolute Gasteiger partial charge is 0.328 e. The average Bonchev–Trinajstić information content (AvgIpc) is 2.55. The van der Waals surface area contributed by atoms with E-state index in [1.165, 1.54) is 16.7 Å². The quantitative estimate of drug-likeness (QED) is 0.218. The van der Waals surface area contributed by atoms with E-state index in [2.05, 4.69) is 51.7 Å². The highest BCUT2D eigenvalue weighted by molar-refractivity contribution is 5.73. The number of carboxylic acids is 1. The standard InChI is InChI=1S/C24H41NO4/c1-18(2)11-9-12-19(3)13-10-14-20(4)15-16-28-17-22(23(26)27)25-21(5)29-24(6,7)8/h11,13,15,22,25H,5,9-10,12,14,16-17H2,1-4,6-8H3,(H,26,27)/b19-13+,20-15+. The van der Waals surface area contributed by atoms with E-state index in [4.69, 9.17) is 9.47 Å². The van der Waals surface area contributed by atoms with Crippen LogP contribution in [0.15, 0.2) is 47.4 Å². The molecule has 0 aliphatic heterocycles. The van der Waals surface area contributed by atoms with E-state index >= 15 is 0 Å². The van der Waals surface area contributed by atoms with Crippen LogP contribution in [0.25, 0.3) is 0 Å². The molecule has 0 aromatic heterocycles. The van der Waals surface area contributed by atoms with Gasteiger partial charge in [-0.3, -0.25) is 0 Å². The second kappa shape index (κ2) is 14.0. The predicted molar refractivity (Wildman–Crippen MR) is 121 cm³/mol. The summed E-state index contributed by atoms with van der Waals surface area (Å²) in [7, 11) is 0. The first-order valence-electron chi connectivity index (χ1n) is 10.3. The molecule has 0 bridgehead atoms. The van der Waals surface area contributed by atoms with Gasteiger partial charge in [-0.05, 0) is 80.7 Å². The molecule has 0 amide bonds. The van der Waals surface area contributed by atoms with Gasteiger partial charge in [0.25, 0.3) is 0 Å². The van der Waals surface area contributed by atoms with Gasteiger partial charge >= 0.3 is 5.97 Å². The van der Waals surface area contributed by atoms with E-state index in [0.717, 1.165) is 25.7 Å². The first-order valence-corrected chi connectivity index (χ1v) is 10.3. The molecule has 5 nitrogen and oxygen atoms in total. The molecule has 0 aliphatic rings. The molecule has 0 radical (unpaired) electrons. The van der Waals surface area contributed by atoms with Crippen molar-refractivity contribution in [3.8, 4) is 0 Å². The van der Waals surface area contributed by atoms with Crippen molar-refractivity contribution in [1.29, 1.82) is 0 Å². The zero-order valence-electron chi connectivity index (χ0n) is 19.4. The molecule has 1 atom stereocenters. The number of hydrogen-bond acceptors (Lipinski definition) is 4. The minimum Gasteiger partial charge on any atom is -0.480 e. The highest BCUT2D eigenvalue weighted by atomic mass is 16.5. The third-order valence-corrected chi connectivity index (χ3v) is 4.02. The maximum absolute atomic E-state index is 11.4. The zero-order chi connectivity index (χ0) is 22.4. The van der Waals surface area contributed by atoms with E-state index < -0.39 is 17.6 Å². The van der Waals surface area contributed by atoms with Gasteiger partial charge < -0.3 is 19.9 Å². The number of hydrogen-bond donors (Lipinski definition) is 2. The van der Waals surface area contributed by atoms with E-state index in [-0.39, 0.29) is 12.5 Å². The van der Waals surface area contributed by atoms with Crippen LogP contribution in [0.3, 0.4) is 0 Å². The minimum atomic E-state index is -1.00. The van der Waals surface area contributed by atoms with Crippen molar-refractivity contribution in [2.75, 3.05) is 13.2 Å². The van der Waals surface area contributed by atoms with Gasteiger partial charge in [0.05, 0.1) is 13.2 Å². The molecule has 0 saturated heterocycles. The SMILES string of the molecule is C=C(NC(COC/C=C(\C)CC/C=C(\C)CCC=C(C)C)C(=O)O)OC(C)(C)C. The fourth-order valence-corrected chi connectivity index (χ4v) is 2.49. The Morgan fingerprint density at radius 1 is 1.03 bits per heavy atom. The summed E-state index contributed by atoms with van der Waals surface area (Å²) in [5, 5.41) is 12.1. The maximum Gasteiger partial charge on any atom is 0.328 e. The Morgan fingerprint density at radius 2 is 1.59 bits per heavy atom. The fourth-order valence-electron chi connectivity index (χ4n) is 2.49. The summed E-state index contributed by atoms with van der Waals surface area (Å²) < 4.78 is 11.0. The molecule has 5 heteroatoms. The number of nitrogens with one attached hydrogen (secondary N) is 1. The molecule has 29 heavy (non-hydrogen) atoms. The summed E-state index contributed by atoms with van der Waals surface area (Å²) in [5.74, 6) is -0.773. The van der Waals surface area contributed by atoms with Crippen LogP contribution in [0.5, 0.6) is 0 Å². The van der Waals surface area contributed by atoms with Crippen molar-refractivity contribution in [2.24, 2.45) is 0 Å². The monoisotopic (exact) mass is 407 g/mol. The normalized spacial score (nSPS) is 13.6. The van der Waals surface area contributed by atoms with Crippen LogP contribution in [-0.4, -0.2) is 35.9 Å². The second-order valence-electron chi connectivity index (χ2n) is 8.67. The lowest BCUT2D eigenvalue weighted by atomic mass is 10.1. The molecule has 0 rings (SSSR count). The van der Waals surface area contributed by atoms with Crippen LogP contribution in [0, 0.1) is 0 Å². The number of carbonyl (C=O) groups is 1. The molecule has 0 spiro atoms. The Morgan fingerprint density at radius 3 is 2.10 bits per heavy atom. The van der Waals surface area contributed by atoms with Crippen molar-refractivity contribution in [2.45, 2.75) is 85.8 Å². The van der Waals surface area contributed by atoms with Crippen LogP contribution in [0.4, 0.5) is 0 Å². The molecule has 166 valence electrons. The Balaban J connectivity index is 4.25. The Kier molecular flexibility index (Phi) is 13.1. The number of rotatable bonds is 14. The number of allylic oxidation sites excluding steroid dienone is 5. The van der Waals surface area contributed by atoms with Gasteiger partial charge in [-0.1, -0.05) is 34.9 Å². The van der Waals surface area contributed by atoms with Gasteiger partial charge in [0, 0.05) is 0 Å². The molecule has 0 aliphatic carbocycles. The van der Waals surface area contributed by atoms with Gasteiger partial charge in [-0.15, -0.1) is 0 Å². The molecule has 2 N–H and O–H groups in total. The van der Waals surface area contributed by atoms with E-state index in [0.29, 0.717) is 6.61 Å². The first-order chi connectivity index (χ1) is 13.4. The predicted octanol–water partition coefficient (Wildman–Crippen LogP) is 5.75. The molecule has 0 heterocycles. The van der Waals surface area contributed by atoms with Gasteiger partial charge in [-0.2, -0.15) is 0 Å². The van der Waals surface area contributed by atoms with E-state index in [9.17, 15) is 9.90 Å². The molecule has 0 aromatic carbocycles.